The molecule has 0 saturated carbocycles. The van der Waals surface area contributed by atoms with Gasteiger partial charge in [0.15, 0.2) is 0 Å². The number of aromatic amines is 2. The van der Waals surface area contributed by atoms with E-state index in [1.165, 1.54) is 45.0 Å². The third-order valence-electron chi connectivity index (χ3n) is 23.7. The highest BCUT2D eigenvalue weighted by molar-refractivity contribution is 8.00. The van der Waals surface area contributed by atoms with Crippen molar-refractivity contribution in [3.63, 3.8) is 0 Å². The standard InChI is InChI=1S/C88H126N22O21S/c1-8-10-23-67-81(123)99-58(22-16-33-89)77(119)105-66(76(118)96-44-72(93)113)46-132-47-73(114)97-62(36-49-26-28-53(131-7)29-27-49)84(126)106(4)48(3)75(117)102-64(40-71(92)112)87(129)109-35-17-25-68(109)82(124)104-65(41-91)80(122)100-60(30-31-74(115)116)86(128)110-45-52(111)39-70(110)83(125)101-61(37-50-42-94-56-20-14-12-18-54(50)56)79(121)98-59(32-34-90)78(120)103-63(38-51-43-95-57-21-15-13-19-55(51)57)85(127)108(6)69(24-11-9-2)88(130)107(67)5/h12-15,18-21,26-29,42-43,48,52,58-70,94-95,111H,8-11,16-17,22-25,30-41,44-47,89-91H2,1-7H3,(H2,92,112)(H2,93,113)(H,96,118)(H,97,114)(H,98,121)(H,99,123)(H,100,122)(H,101,125)(H,102,117)(H,103,120)(H,104,124)(H,105,119)(H,115,116)/t48-,52+,58-,59?,60-,61-,62-,63-,64-,65-,66-,67-,68-,69-,70-/m0/s1. The Morgan fingerprint density at radius 1 is 0.515 bits per heavy atom. The first-order valence-electron chi connectivity index (χ1n) is 44.2. The number of primary amides is 2. The Morgan fingerprint density at radius 2 is 1.04 bits per heavy atom. The van der Waals surface area contributed by atoms with Crippen molar-refractivity contribution in [2.24, 2.45) is 28.7 Å². The van der Waals surface area contributed by atoms with Gasteiger partial charge in [0.05, 0.1) is 31.9 Å². The molecule has 0 bridgehead atoms. The molecule has 15 atom stereocenters. The summed E-state index contributed by atoms with van der Waals surface area (Å²) >= 11 is 0.790. The monoisotopic (exact) mass is 1860 g/mol. The number of hydrogen-bond acceptors (Lipinski definition) is 24. The maximum absolute atomic E-state index is 15.8. The van der Waals surface area contributed by atoms with Gasteiger partial charge in [0, 0.05) is 113 Å². The van der Waals surface area contributed by atoms with Gasteiger partial charge in [-0.1, -0.05) is 88.1 Å². The number of nitrogens with zero attached hydrogens (tertiary/aromatic N) is 5. The number of carbonyl (C=O) groups excluding carboxylic acids is 17. The number of unbranched alkanes of at least 4 members (excludes halogenated alkanes) is 2. The molecular formula is C88H126N22O21S. The molecule has 720 valence electrons. The highest BCUT2D eigenvalue weighted by Crippen LogP contribution is 2.28. The number of benzene rings is 3. The molecule has 3 saturated heterocycles. The molecule has 0 radical (unpaired) electrons. The minimum absolute atomic E-state index is 0.00550. The molecule has 3 fully saturated rings. The van der Waals surface area contributed by atoms with Crippen molar-refractivity contribution >= 4 is 140 Å². The van der Waals surface area contributed by atoms with Crippen LogP contribution in [0.5, 0.6) is 5.75 Å². The molecule has 1 unspecified atom stereocenters. The summed E-state index contributed by atoms with van der Waals surface area (Å²) in [4.78, 5) is 272. The minimum Gasteiger partial charge on any atom is -0.497 e. The number of aromatic nitrogens is 2. The number of nitrogens with two attached hydrogens (primary N) is 5. The second-order valence-corrected chi connectivity index (χ2v) is 34.3. The van der Waals surface area contributed by atoms with E-state index in [2.05, 4.69) is 63.1 Å². The largest absolute Gasteiger partial charge is 0.497 e. The van der Waals surface area contributed by atoms with E-state index >= 15 is 33.6 Å². The number of ether oxygens (including phenoxy) is 1. The number of carbonyl (C=O) groups is 18. The van der Waals surface area contributed by atoms with E-state index in [0.717, 1.165) is 26.5 Å². The predicted molar refractivity (Wildman–Crippen MR) is 485 cm³/mol. The van der Waals surface area contributed by atoms with Crippen molar-refractivity contribution in [1.29, 1.82) is 0 Å². The zero-order valence-corrected chi connectivity index (χ0v) is 76.1. The number of rotatable bonds is 27. The first-order chi connectivity index (χ1) is 62.9. The topological polar surface area (TPSA) is 655 Å². The van der Waals surface area contributed by atoms with Crippen LogP contribution in [0.4, 0.5) is 0 Å². The number of aliphatic hydroxyl groups excluding tert-OH is 1. The van der Waals surface area contributed by atoms with Gasteiger partial charge in [-0.25, -0.2) is 0 Å². The van der Waals surface area contributed by atoms with Crippen molar-refractivity contribution in [3.05, 3.63) is 102 Å². The lowest BCUT2D eigenvalue weighted by Gasteiger charge is -2.36. The minimum atomic E-state index is -1.83. The van der Waals surface area contributed by atoms with Crippen molar-refractivity contribution in [2.75, 3.05) is 79.0 Å². The summed E-state index contributed by atoms with van der Waals surface area (Å²) < 4.78 is 5.33. The molecule has 17 amide bonds. The number of hydrogen-bond donors (Lipinski definition) is 19. The van der Waals surface area contributed by atoms with Gasteiger partial charge in [-0.2, -0.15) is 0 Å². The summed E-state index contributed by atoms with van der Waals surface area (Å²) in [6.45, 7) is 2.61. The number of aliphatic carboxylic acids is 1. The normalized spacial score (nSPS) is 25.0. The maximum atomic E-state index is 15.8. The zero-order valence-electron chi connectivity index (χ0n) is 75.3. The summed E-state index contributed by atoms with van der Waals surface area (Å²) in [6.07, 6.45) is -0.159. The molecule has 132 heavy (non-hydrogen) atoms. The van der Waals surface area contributed by atoms with Crippen LogP contribution in [0.3, 0.4) is 0 Å². The fourth-order valence-corrected chi connectivity index (χ4v) is 17.0. The molecule has 3 aliphatic rings. The fraction of sp³-hybridized carbons (Fsp3) is 0.545. The molecule has 44 heteroatoms. The maximum Gasteiger partial charge on any atom is 0.303 e. The number of carboxylic acid groups (broad SMARTS) is 1. The van der Waals surface area contributed by atoms with E-state index in [9.17, 15) is 63.0 Å². The Labute approximate surface area is 767 Å². The third-order valence-corrected chi connectivity index (χ3v) is 24.8. The molecule has 8 rings (SSSR count). The smallest absolute Gasteiger partial charge is 0.303 e. The Morgan fingerprint density at radius 3 is 1.64 bits per heavy atom. The van der Waals surface area contributed by atoms with E-state index in [4.69, 9.17) is 33.4 Å². The quantitative estimate of drug-likeness (QED) is 0.0238. The molecule has 0 aliphatic carbocycles. The Balaban J connectivity index is 1.19. The van der Waals surface area contributed by atoms with Gasteiger partial charge in [-0.05, 0) is 112 Å². The molecule has 0 spiro atoms. The van der Waals surface area contributed by atoms with Crippen LogP contribution in [0.1, 0.15) is 134 Å². The number of likely N-dealkylation sites (N-methyl/N-ethyl adjacent to an activating group) is 3. The third kappa shape index (κ3) is 28.8. The second kappa shape index (κ2) is 50.6. The van der Waals surface area contributed by atoms with E-state index in [-0.39, 0.29) is 83.8 Å². The Bertz CT molecular complexity index is 4940. The number of para-hydroxylation sites is 2. The molecule has 43 nitrogen and oxygen atoms in total. The number of nitrogens with one attached hydrogen (secondary N) is 12. The zero-order chi connectivity index (χ0) is 96.7. The van der Waals surface area contributed by atoms with Gasteiger partial charge in [0.1, 0.15) is 90.3 Å². The fourth-order valence-electron chi connectivity index (χ4n) is 16.2. The number of aliphatic hydroxyl groups is 1. The lowest BCUT2D eigenvalue weighted by Crippen LogP contribution is -2.61. The van der Waals surface area contributed by atoms with Gasteiger partial charge in [0.25, 0.3) is 0 Å². The van der Waals surface area contributed by atoms with Crippen LogP contribution < -0.4 is 86.6 Å². The second-order valence-electron chi connectivity index (χ2n) is 33.3. The number of thioether (sulfide) groups is 1. The predicted octanol–water partition coefficient (Wildman–Crippen LogP) is -3.98. The van der Waals surface area contributed by atoms with E-state index in [0.29, 0.717) is 69.9 Å². The summed E-state index contributed by atoms with van der Waals surface area (Å²) in [5, 5.41) is 48.7. The van der Waals surface area contributed by atoms with Crippen molar-refractivity contribution in [3.8, 4) is 5.75 Å². The average molecular weight is 1860 g/mol. The van der Waals surface area contributed by atoms with E-state index < -0.39 is 254 Å². The number of fused-ring (bicyclic) bond motifs is 4. The molecule has 2 aromatic heterocycles. The van der Waals surface area contributed by atoms with Crippen LogP contribution in [-0.2, 0) is 106 Å². The number of H-pyrrole nitrogens is 2. The number of methoxy groups -OCH3 is 1. The number of carboxylic acids is 1. The molecular weight excluding hydrogens is 1730 g/mol. The van der Waals surface area contributed by atoms with Crippen molar-refractivity contribution < 1.29 is 101 Å². The summed E-state index contributed by atoms with van der Waals surface area (Å²) in [5.41, 5.74) is 32.2. The molecule has 24 N–H and O–H groups in total. The van der Waals surface area contributed by atoms with E-state index in [1.807, 2.05) is 13.8 Å². The lowest BCUT2D eigenvalue weighted by atomic mass is 9.99. The highest BCUT2D eigenvalue weighted by Gasteiger charge is 2.47. The van der Waals surface area contributed by atoms with Gasteiger partial charge >= 0.3 is 5.97 Å². The van der Waals surface area contributed by atoms with Gasteiger partial charge in [-0.3, -0.25) is 86.3 Å². The van der Waals surface area contributed by atoms with Crippen molar-refractivity contribution in [1.82, 2.24) is 87.6 Å². The Hall–Kier alpha value is -12.8. The van der Waals surface area contributed by atoms with Crippen LogP contribution in [0, 0.1) is 0 Å². The molecule has 5 aromatic rings. The SMILES string of the molecule is CCCC[C@H]1C(=O)N(C)[C@@H](CCCC)C(=O)N[C@@H](CCCN)C(=O)N[C@H](C(=O)NCC(N)=O)CSCC(=O)N[C@@H](Cc2ccc(OC)cc2)C(=O)N(C)[C@@H](C)C(=O)N[C@@H](CC(N)=O)C(=O)N2CCC[C@H]2C(=O)N[C@@H](CN)C(=O)N[C@@H](CCC(=O)O)C(=O)N2C[C@H](O)C[C@H]2C(=O)N[C@@H](Cc2c[nH]c3ccccc23)C(=O)NC(CCN)C(=O)N[C@@H](Cc2c[nH]c3ccccc23)C(=O)N1C. The Kier molecular flexibility index (Phi) is 40.0. The van der Waals surface area contributed by atoms with Crippen LogP contribution in [0.2, 0.25) is 0 Å². The van der Waals surface area contributed by atoms with Crippen LogP contribution in [0.15, 0.2) is 85.2 Å². The van der Waals surface area contributed by atoms with Crippen LogP contribution in [-0.4, -0.2) is 321 Å². The van der Waals surface area contributed by atoms with Gasteiger partial charge in [-0.15, -0.1) is 11.8 Å². The van der Waals surface area contributed by atoms with Gasteiger partial charge in [0.2, 0.25) is 100 Å². The molecule has 3 aromatic carbocycles. The van der Waals surface area contributed by atoms with Crippen molar-refractivity contribution in [2.45, 2.75) is 227 Å². The van der Waals surface area contributed by atoms with Crippen LogP contribution in [0.25, 0.3) is 21.8 Å². The average Bonchev–Trinajstić information content (AvgIpc) is 1.51. The molecule has 3 aliphatic heterocycles. The first kappa shape index (κ1) is 105. The summed E-state index contributed by atoms with van der Waals surface area (Å²) in [7, 11) is 5.39. The van der Waals surface area contributed by atoms with Crippen LogP contribution >= 0.6 is 11.8 Å². The summed E-state index contributed by atoms with van der Waals surface area (Å²) in [5.74, 6) is -18.2. The number of amides is 17. The summed E-state index contributed by atoms with van der Waals surface area (Å²) in [6, 6.07) is -1.45. The lowest BCUT2D eigenvalue weighted by molar-refractivity contribution is -0.149. The first-order valence-corrected chi connectivity index (χ1v) is 45.4. The molecule has 5 heterocycles. The van der Waals surface area contributed by atoms with E-state index in [1.54, 1.807) is 85.2 Å². The van der Waals surface area contributed by atoms with Gasteiger partial charge < -0.3 is 131 Å². The highest BCUT2D eigenvalue weighted by atomic mass is 32.2.